The van der Waals surface area contributed by atoms with E-state index in [-0.39, 0.29) is 11.9 Å². The second kappa shape index (κ2) is 7.67. The van der Waals surface area contributed by atoms with Gasteiger partial charge in [-0.2, -0.15) is 10.1 Å². The summed E-state index contributed by atoms with van der Waals surface area (Å²) in [7, 11) is 3.12. The summed E-state index contributed by atoms with van der Waals surface area (Å²) in [4.78, 5) is 17.6. The van der Waals surface area contributed by atoms with Crippen molar-refractivity contribution < 1.29 is 14.3 Å². The molecule has 1 amide bonds. The molecule has 148 valence electrons. The monoisotopic (exact) mass is 391 g/mol. The molecule has 2 atom stereocenters. The Balaban J connectivity index is 1.72. The van der Waals surface area contributed by atoms with Crippen LogP contribution < -0.4 is 20.1 Å². The topological polar surface area (TPSA) is 90.3 Å². The van der Waals surface area contributed by atoms with Crippen molar-refractivity contribution in [3.63, 3.8) is 0 Å². The van der Waals surface area contributed by atoms with Gasteiger partial charge in [0.15, 0.2) is 0 Å². The number of nitrogens with zero attached hydrogens (tertiary/aromatic N) is 3. The lowest BCUT2D eigenvalue weighted by molar-refractivity contribution is -0.119. The lowest BCUT2D eigenvalue weighted by Crippen LogP contribution is -2.39. The molecule has 4 rings (SSSR count). The SMILES string of the molecule is C=C1Nc2ncnn2[C@H](c2ccccc2)[C@@H]1C(=O)Nc1cc(OC)ccc1OC. The molecule has 0 radical (unpaired) electrons. The minimum absolute atomic E-state index is 0.246. The molecule has 8 nitrogen and oxygen atoms in total. The van der Waals surface area contributed by atoms with Crippen molar-refractivity contribution >= 4 is 17.5 Å². The van der Waals surface area contributed by atoms with Crippen LogP contribution in [0.25, 0.3) is 0 Å². The fraction of sp³-hybridized carbons (Fsp3) is 0.190. The molecule has 0 spiro atoms. The Hall–Kier alpha value is -3.81. The number of hydrogen-bond donors (Lipinski definition) is 2. The van der Waals surface area contributed by atoms with Crippen LogP contribution in [0.4, 0.5) is 11.6 Å². The molecular formula is C21H21N5O3. The molecule has 1 aromatic heterocycles. The lowest BCUT2D eigenvalue weighted by Gasteiger charge is -2.33. The van der Waals surface area contributed by atoms with Crippen molar-refractivity contribution in [1.29, 1.82) is 0 Å². The van der Waals surface area contributed by atoms with Crippen LogP contribution in [-0.2, 0) is 4.79 Å². The number of ether oxygens (including phenoxy) is 2. The highest BCUT2D eigenvalue weighted by Gasteiger charge is 2.39. The summed E-state index contributed by atoms with van der Waals surface area (Å²) < 4.78 is 12.4. The van der Waals surface area contributed by atoms with Crippen LogP contribution in [0.3, 0.4) is 0 Å². The van der Waals surface area contributed by atoms with Crippen LogP contribution in [-0.4, -0.2) is 34.9 Å². The quantitative estimate of drug-likeness (QED) is 0.695. The molecule has 1 aliphatic rings. The molecule has 2 heterocycles. The van der Waals surface area contributed by atoms with Crippen molar-refractivity contribution in [3.8, 4) is 11.5 Å². The van der Waals surface area contributed by atoms with Gasteiger partial charge in [-0.25, -0.2) is 4.68 Å². The maximum atomic E-state index is 13.4. The fourth-order valence-electron chi connectivity index (χ4n) is 3.50. The fourth-order valence-corrected chi connectivity index (χ4v) is 3.50. The maximum absolute atomic E-state index is 13.4. The first-order chi connectivity index (χ1) is 14.1. The number of benzene rings is 2. The van der Waals surface area contributed by atoms with Gasteiger partial charge in [-0.3, -0.25) is 4.79 Å². The van der Waals surface area contributed by atoms with Crippen molar-refractivity contribution in [3.05, 3.63) is 72.7 Å². The third kappa shape index (κ3) is 3.40. The van der Waals surface area contributed by atoms with Gasteiger partial charge in [-0.15, -0.1) is 0 Å². The average molecular weight is 391 g/mol. The highest BCUT2D eigenvalue weighted by molar-refractivity contribution is 5.97. The zero-order valence-corrected chi connectivity index (χ0v) is 16.1. The smallest absolute Gasteiger partial charge is 0.236 e. The minimum Gasteiger partial charge on any atom is -0.497 e. The standard InChI is InChI=1S/C21H21N5O3/c1-13-18(20(27)25-16-11-15(28-2)9-10-17(16)29-3)19(14-7-5-4-6-8-14)26-21(24-13)22-12-23-26/h4-12,18-19H,1H2,2-3H3,(H,25,27)(H,22,23,24)/t18-,19-/m1/s1. The predicted octanol–water partition coefficient (Wildman–Crippen LogP) is 3.08. The molecule has 8 heteroatoms. The molecule has 0 saturated heterocycles. The van der Waals surface area contributed by atoms with E-state index in [0.29, 0.717) is 28.8 Å². The largest absolute Gasteiger partial charge is 0.497 e. The molecule has 2 N–H and O–H groups in total. The van der Waals surface area contributed by atoms with E-state index in [1.165, 1.54) is 6.33 Å². The van der Waals surface area contributed by atoms with E-state index in [0.717, 1.165) is 5.56 Å². The van der Waals surface area contributed by atoms with E-state index < -0.39 is 5.92 Å². The number of carbonyl (C=O) groups excluding carboxylic acids is 1. The van der Waals surface area contributed by atoms with Gasteiger partial charge in [0.1, 0.15) is 23.7 Å². The minimum atomic E-state index is -0.623. The number of rotatable bonds is 5. The summed E-state index contributed by atoms with van der Waals surface area (Å²) in [5.74, 6) is 0.824. The predicted molar refractivity (Wildman–Crippen MR) is 109 cm³/mol. The van der Waals surface area contributed by atoms with Crippen molar-refractivity contribution in [2.75, 3.05) is 24.9 Å². The summed E-state index contributed by atoms with van der Waals surface area (Å²) in [6.07, 6.45) is 1.46. The first-order valence-electron chi connectivity index (χ1n) is 9.05. The Bertz CT molecular complexity index is 1050. The first-order valence-corrected chi connectivity index (χ1v) is 9.05. The lowest BCUT2D eigenvalue weighted by atomic mass is 9.88. The van der Waals surface area contributed by atoms with Gasteiger partial charge in [0, 0.05) is 11.8 Å². The first kappa shape index (κ1) is 18.5. The van der Waals surface area contributed by atoms with Crippen molar-refractivity contribution in [2.45, 2.75) is 6.04 Å². The van der Waals surface area contributed by atoms with E-state index in [1.807, 2.05) is 30.3 Å². The van der Waals surface area contributed by atoms with Crippen LogP contribution in [0, 0.1) is 5.92 Å². The van der Waals surface area contributed by atoms with Gasteiger partial charge in [0.05, 0.1) is 25.9 Å². The Morgan fingerprint density at radius 1 is 1.17 bits per heavy atom. The summed E-state index contributed by atoms with van der Waals surface area (Å²) in [5.41, 5.74) is 1.99. The molecule has 2 aromatic carbocycles. The van der Waals surface area contributed by atoms with Gasteiger partial charge in [-0.05, 0) is 17.7 Å². The summed E-state index contributed by atoms with van der Waals surface area (Å²) in [6, 6.07) is 14.5. The second-order valence-electron chi connectivity index (χ2n) is 6.57. The molecule has 0 aliphatic carbocycles. The van der Waals surface area contributed by atoms with E-state index in [2.05, 4.69) is 27.3 Å². The van der Waals surface area contributed by atoms with E-state index >= 15 is 0 Å². The summed E-state index contributed by atoms with van der Waals surface area (Å²) in [6.45, 7) is 4.08. The third-order valence-corrected chi connectivity index (χ3v) is 4.89. The van der Waals surface area contributed by atoms with E-state index in [1.54, 1.807) is 37.1 Å². The molecule has 0 saturated carbocycles. The van der Waals surface area contributed by atoms with E-state index in [9.17, 15) is 4.79 Å². The Labute approximate surface area is 168 Å². The van der Waals surface area contributed by atoms with E-state index in [4.69, 9.17) is 9.47 Å². The maximum Gasteiger partial charge on any atom is 0.236 e. The van der Waals surface area contributed by atoms with Gasteiger partial charge in [-0.1, -0.05) is 36.9 Å². The second-order valence-corrected chi connectivity index (χ2v) is 6.57. The molecule has 29 heavy (non-hydrogen) atoms. The molecule has 0 fully saturated rings. The summed E-state index contributed by atoms with van der Waals surface area (Å²) >= 11 is 0. The molecule has 1 aliphatic heterocycles. The van der Waals surface area contributed by atoms with Crippen LogP contribution in [0.5, 0.6) is 11.5 Å². The summed E-state index contributed by atoms with van der Waals surface area (Å²) in [5, 5.41) is 10.4. The number of aromatic nitrogens is 3. The van der Waals surface area contributed by atoms with Gasteiger partial charge in [0.25, 0.3) is 0 Å². The highest BCUT2D eigenvalue weighted by Crippen LogP contribution is 2.38. The number of amides is 1. The van der Waals surface area contributed by atoms with Crippen LogP contribution in [0.1, 0.15) is 11.6 Å². The number of fused-ring (bicyclic) bond motifs is 1. The Kier molecular flexibility index (Phi) is 4.90. The zero-order valence-electron chi connectivity index (χ0n) is 16.1. The Morgan fingerprint density at radius 3 is 2.69 bits per heavy atom. The zero-order chi connectivity index (χ0) is 20.4. The van der Waals surface area contributed by atoms with Crippen molar-refractivity contribution in [2.24, 2.45) is 5.92 Å². The number of carbonyl (C=O) groups is 1. The third-order valence-electron chi connectivity index (χ3n) is 4.89. The van der Waals surface area contributed by atoms with Gasteiger partial charge >= 0.3 is 0 Å². The van der Waals surface area contributed by atoms with Crippen molar-refractivity contribution in [1.82, 2.24) is 14.8 Å². The normalized spacial score (nSPS) is 17.8. The molecule has 0 unspecified atom stereocenters. The highest BCUT2D eigenvalue weighted by atomic mass is 16.5. The van der Waals surface area contributed by atoms with Crippen LogP contribution in [0.15, 0.2) is 67.1 Å². The molecule has 0 bridgehead atoms. The molecule has 3 aromatic rings. The Morgan fingerprint density at radius 2 is 1.97 bits per heavy atom. The van der Waals surface area contributed by atoms with Gasteiger partial charge in [0.2, 0.25) is 11.9 Å². The average Bonchev–Trinajstić information content (AvgIpc) is 3.21. The van der Waals surface area contributed by atoms with Crippen LogP contribution >= 0.6 is 0 Å². The number of nitrogens with one attached hydrogen (secondary N) is 2. The number of methoxy groups -OCH3 is 2. The van der Waals surface area contributed by atoms with Crippen LogP contribution in [0.2, 0.25) is 0 Å². The number of anilines is 2. The molecular weight excluding hydrogens is 370 g/mol. The number of hydrogen-bond acceptors (Lipinski definition) is 6. The van der Waals surface area contributed by atoms with Gasteiger partial charge < -0.3 is 20.1 Å².